The summed E-state index contributed by atoms with van der Waals surface area (Å²) < 4.78 is 38.7. The Kier molecular flexibility index (Phi) is 4.21. The van der Waals surface area contributed by atoms with Crippen molar-refractivity contribution in [1.82, 2.24) is 10.3 Å². The number of nitrogens with one attached hydrogen (secondary N) is 2. The van der Waals surface area contributed by atoms with Crippen LogP contribution < -0.4 is 5.32 Å². The first kappa shape index (κ1) is 17.6. The molecule has 0 fully saturated rings. The second-order valence-electron chi connectivity index (χ2n) is 7.06. The number of hydrogen-bond donors (Lipinski definition) is 2. The van der Waals surface area contributed by atoms with Crippen LogP contribution in [0.4, 0.5) is 13.2 Å². The summed E-state index contributed by atoms with van der Waals surface area (Å²) in [6, 6.07) is 10.5. The van der Waals surface area contributed by atoms with Gasteiger partial charge in [0.15, 0.2) is 0 Å². The van der Waals surface area contributed by atoms with Crippen molar-refractivity contribution < 1.29 is 18.0 Å². The predicted octanol–water partition coefficient (Wildman–Crippen LogP) is 5.30. The molecule has 1 heterocycles. The highest BCUT2D eigenvalue weighted by Gasteiger charge is 2.31. The van der Waals surface area contributed by atoms with Gasteiger partial charge in [-0.2, -0.15) is 13.2 Å². The Balaban J connectivity index is 1.63. The molecule has 0 saturated carbocycles. The molecule has 1 unspecified atom stereocenters. The van der Waals surface area contributed by atoms with Crippen molar-refractivity contribution in [1.29, 1.82) is 0 Å². The Hall–Kier alpha value is -2.76. The Morgan fingerprint density at radius 1 is 1.19 bits per heavy atom. The molecular weight excluding hydrogens is 353 g/mol. The van der Waals surface area contributed by atoms with Crippen LogP contribution >= 0.6 is 0 Å². The van der Waals surface area contributed by atoms with E-state index in [1.807, 2.05) is 19.1 Å². The summed E-state index contributed by atoms with van der Waals surface area (Å²) in [6.45, 7) is 2.04. The number of aromatic nitrogens is 1. The molecule has 0 spiro atoms. The molecule has 0 aliphatic heterocycles. The van der Waals surface area contributed by atoms with Gasteiger partial charge in [-0.1, -0.05) is 17.7 Å². The van der Waals surface area contributed by atoms with E-state index in [-0.39, 0.29) is 11.6 Å². The second-order valence-corrected chi connectivity index (χ2v) is 7.06. The molecular formula is C21H19F3N2O. The van der Waals surface area contributed by atoms with Crippen molar-refractivity contribution in [3.8, 4) is 0 Å². The van der Waals surface area contributed by atoms with Crippen LogP contribution in [0.25, 0.3) is 10.9 Å². The Morgan fingerprint density at radius 2 is 2.00 bits per heavy atom. The van der Waals surface area contributed by atoms with Crippen LogP contribution in [0.5, 0.6) is 0 Å². The first-order valence-electron chi connectivity index (χ1n) is 8.92. The fraction of sp³-hybridized carbons (Fsp3) is 0.286. The van der Waals surface area contributed by atoms with E-state index in [1.165, 1.54) is 23.3 Å². The zero-order valence-corrected chi connectivity index (χ0v) is 14.8. The summed E-state index contributed by atoms with van der Waals surface area (Å²) in [5.74, 6) is -0.492. The maximum Gasteiger partial charge on any atom is 0.416 e. The van der Waals surface area contributed by atoms with Crippen LogP contribution in [0.3, 0.4) is 0 Å². The van der Waals surface area contributed by atoms with Crippen LogP contribution in [0.2, 0.25) is 0 Å². The predicted molar refractivity (Wildman–Crippen MR) is 97.6 cm³/mol. The molecule has 1 aliphatic rings. The number of amides is 1. The monoisotopic (exact) mass is 372 g/mol. The Morgan fingerprint density at radius 3 is 2.78 bits per heavy atom. The SMILES string of the molecule is Cc1ccc2[nH]c3c(c2c1)CCCC3NC(=O)c1cccc(C(F)(F)F)c1. The Bertz CT molecular complexity index is 1020. The van der Waals surface area contributed by atoms with Gasteiger partial charge in [0.2, 0.25) is 0 Å². The van der Waals surface area contributed by atoms with Gasteiger partial charge >= 0.3 is 6.18 Å². The molecule has 6 heteroatoms. The number of H-pyrrole nitrogens is 1. The summed E-state index contributed by atoms with van der Waals surface area (Å²) in [4.78, 5) is 16.0. The number of carbonyl (C=O) groups is 1. The number of hydrogen-bond acceptors (Lipinski definition) is 1. The minimum Gasteiger partial charge on any atom is -0.356 e. The molecule has 1 amide bonds. The molecule has 0 bridgehead atoms. The lowest BCUT2D eigenvalue weighted by Gasteiger charge is -2.24. The molecule has 4 rings (SSSR count). The normalized spacial score (nSPS) is 17.0. The third-order valence-electron chi connectivity index (χ3n) is 5.12. The van der Waals surface area contributed by atoms with Crippen LogP contribution in [-0.2, 0) is 12.6 Å². The summed E-state index contributed by atoms with van der Waals surface area (Å²) >= 11 is 0. The molecule has 1 aromatic heterocycles. The van der Waals surface area contributed by atoms with Gasteiger partial charge in [-0.05, 0) is 62.1 Å². The minimum absolute atomic E-state index is 0.0175. The molecule has 3 nitrogen and oxygen atoms in total. The maximum atomic E-state index is 12.9. The van der Waals surface area contributed by atoms with Crippen LogP contribution in [-0.4, -0.2) is 10.9 Å². The van der Waals surface area contributed by atoms with E-state index in [1.54, 1.807) is 0 Å². The molecule has 2 aromatic carbocycles. The lowest BCUT2D eigenvalue weighted by Crippen LogP contribution is -2.31. The van der Waals surface area contributed by atoms with E-state index in [9.17, 15) is 18.0 Å². The summed E-state index contributed by atoms with van der Waals surface area (Å²) in [5.41, 5.74) is 3.53. The molecule has 1 atom stereocenters. The number of aryl methyl sites for hydroxylation is 2. The van der Waals surface area contributed by atoms with Gasteiger partial charge in [-0.25, -0.2) is 0 Å². The van der Waals surface area contributed by atoms with Crippen molar-refractivity contribution in [3.05, 3.63) is 70.4 Å². The molecule has 1 aliphatic carbocycles. The van der Waals surface area contributed by atoms with Crippen molar-refractivity contribution >= 4 is 16.8 Å². The lowest BCUT2D eigenvalue weighted by atomic mass is 9.91. The van der Waals surface area contributed by atoms with Crippen molar-refractivity contribution in [2.75, 3.05) is 0 Å². The first-order chi connectivity index (χ1) is 12.8. The zero-order valence-electron chi connectivity index (χ0n) is 14.8. The molecule has 2 N–H and O–H groups in total. The van der Waals surface area contributed by atoms with Gasteiger partial charge < -0.3 is 10.3 Å². The van der Waals surface area contributed by atoms with Crippen LogP contribution in [0.15, 0.2) is 42.5 Å². The third-order valence-corrected chi connectivity index (χ3v) is 5.12. The van der Waals surface area contributed by atoms with Crippen LogP contribution in [0.1, 0.15) is 51.6 Å². The van der Waals surface area contributed by atoms with E-state index in [0.717, 1.165) is 48.0 Å². The van der Waals surface area contributed by atoms with Gasteiger partial charge in [-0.3, -0.25) is 4.79 Å². The van der Waals surface area contributed by atoms with Crippen molar-refractivity contribution in [3.63, 3.8) is 0 Å². The standard InChI is InChI=1S/C21H19F3N2O/c1-12-8-9-17-16(10-12)15-6-3-7-18(19(15)25-17)26-20(27)13-4-2-5-14(11-13)21(22,23)24/h2,4-5,8-11,18,25H,3,6-7H2,1H3,(H,26,27). The smallest absolute Gasteiger partial charge is 0.356 e. The van der Waals surface area contributed by atoms with Gasteiger partial charge in [0, 0.05) is 22.2 Å². The van der Waals surface area contributed by atoms with E-state index in [0.29, 0.717) is 0 Å². The van der Waals surface area contributed by atoms with Gasteiger partial charge in [-0.15, -0.1) is 0 Å². The quantitative estimate of drug-likeness (QED) is 0.630. The van der Waals surface area contributed by atoms with Gasteiger partial charge in [0.25, 0.3) is 5.91 Å². The maximum absolute atomic E-state index is 12.9. The average Bonchev–Trinajstić information content (AvgIpc) is 3.00. The van der Waals surface area contributed by atoms with E-state index >= 15 is 0 Å². The fourth-order valence-corrected chi connectivity index (χ4v) is 3.80. The fourth-order valence-electron chi connectivity index (χ4n) is 3.80. The summed E-state index contributed by atoms with van der Waals surface area (Å²) in [7, 11) is 0. The topological polar surface area (TPSA) is 44.9 Å². The first-order valence-corrected chi connectivity index (χ1v) is 8.92. The number of halogens is 3. The number of alkyl halides is 3. The van der Waals surface area contributed by atoms with Gasteiger partial charge in [0.1, 0.15) is 0 Å². The van der Waals surface area contributed by atoms with Gasteiger partial charge in [0.05, 0.1) is 11.6 Å². The highest BCUT2D eigenvalue weighted by atomic mass is 19.4. The largest absolute Gasteiger partial charge is 0.416 e. The van der Waals surface area contributed by atoms with Crippen molar-refractivity contribution in [2.24, 2.45) is 0 Å². The molecule has 27 heavy (non-hydrogen) atoms. The Labute approximate surface area is 154 Å². The van der Waals surface area contributed by atoms with Crippen LogP contribution in [0, 0.1) is 6.92 Å². The van der Waals surface area contributed by atoms with E-state index < -0.39 is 17.6 Å². The average molecular weight is 372 g/mol. The highest BCUT2D eigenvalue weighted by Crippen LogP contribution is 2.35. The zero-order chi connectivity index (χ0) is 19.2. The number of fused-ring (bicyclic) bond motifs is 3. The summed E-state index contributed by atoms with van der Waals surface area (Å²) in [5, 5.41) is 4.06. The van der Waals surface area contributed by atoms with E-state index in [2.05, 4.69) is 16.4 Å². The highest BCUT2D eigenvalue weighted by molar-refractivity contribution is 5.95. The molecule has 3 aromatic rings. The number of carbonyl (C=O) groups excluding carboxylic acids is 1. The minimum atomic E-state index is -4.47. The number of aromatic amines is 1. The third kappa shape index (κ3) is 3.31. The molecule has 0 saturated heterocycles. The van der Waals surface area contributed by atoms with Crippen molar-refractivity contribution in [2.45, 2.75) is 38.4 Å². The number of benzene rings is 2. The van der Waals surface area contributed by atoms with E-state index in [4.69, 9.17) is 0 Å². The number of rotatable bonds is 2. The molecule has 0 radical (unpaired) electrons. The summed E-state index contributed by atoms with van der Waals surface area (Å²) in [6.07, 6.45) is -1.87. The lowest BCUT2D eigenvalue weighted by molar-refractivity contribution is -0.137. The second kappa shape index (κ2) is 6.44. The molecule has 140 valence electrons.